The van der Waals surface area contributed by atoms with Gasteiger partial charge in [0, 0.05) is 23.4 Å². The number of urea groups is 1. The summed E-state index contributed by atoms with van der Waals surface area (Å²) in [4.78, 5) is 16.9. The number of nitrogens with one attached hydrogen (secondary N) is 2. The van der Waals surface area contributed by atoms with Crippen LogP contribution in [0.25, 0.3) is 11.4 Å². The van der Waals surface area contributed by atoms with E-state index in [1.807, 2.05) is 66.7 Å². The number of hydrogen-bond donors (Lipinski definition) is 2. The van der Waals surface area contributed by atoms with Gasteiger partial charge in [-0.15, -0.1) is 0 Å². The van der Waals surface area contributed by atoms with Crippen molar-refractivity contribution in [2.75, 3.05) is 10.6 Å². The Morgan fingerprint density at radius 2 is 1.49 bits per heavy atom. The lowest BCUT2D eigenvalue weighted by Crippen LogP contribution is -2.19. The molecular weight excluding hydrogens is 440 g/mol. The summed E-state index contributed by atoms with van der Waals surface area (Å²) in [6.07, 6.45) is 7.26. The quantitative estimate of drug-likeness (QED) is 0.283. The van der Waals surface area contributed by atoms with Gasteiger partial charge in [-0.05, 0) is 73.0 Å². The molecule has 1 aromatic heterocycles. The molecule has 1 aliphatic rings. The zero-order chi connectivity index (χ0) is 23.9. The molecule has 5 rings (SSSR count). The Hall–Kier alpha value is -4.13. The van der Waals surface area contributed by atoms with E-state index in [-0.39, 0.29) is 6.03 Å². The van der Waals surface area contributed by atoms with E-state index in [0.717, 1.165) is 30.1 Å². The number of carbonyl (C=O) groups excluding carboxylic acids is 1. The van der Waals surface area contributed by atoms with Crippen molar-refractivity contribution in [2.24, 2.45) is 5.92 Å². The number of aryl methyl sites for hydroxylation is 1. The molecule has 2 N–H and O–H groups in total. The average Bonchev–Trinajstić information content (AvgIpc) is 3.57. The smallest absolute Gasteiger partial charge is 0.323 e. The van der Waals surface area contributed by atoms with Crippen LogP contribution in [0.5, 0.6) is 11.5 Å². The summed E-state index contributed by atoms with van der Waals surface area (Å²) < 4.78 is 11.2. The number of anilines is 2. The second-order valence-electron chi connectivity index (χ2n) is 8.80. The first-order chi connectivity index (χ1) is 17.2. The molecule has 7 heteroatoms. The largest absolute Gasteiger partial charge is 0.457 e. The molecule has 0 saturated heterocycles. The number of nitrogens with zero attached hydrogens (tertiary/aromatic N) is 2. The van der Waals surface area contributed by atoms with Gasteiger partial charge in [0.2, 0.25) is 11.7 Å². The van der Waals surface area contributed by atoms with E-state index in [1.54, 1.807) is 12.1 Å². The summed E-state index contributed by atoms with van der Waals surface area (Å²) in [5.41, 5.74) is 2.18. The van der Waals surface area contributed by atoms with E-state index in [2.05, 4.69) is 20.8 Å². The third kappa shape index (κ3) is 6.26. The lowest BCUT2D eigenvalue weighted by atomic mass is 10.0. The van der Waals surface area contributed by atoms with Crippen LogP contribution < -0.4 is 15.4 Å². The monoisotopic (exact) mass is 468 g/mol. The van der Waals surface area contributed by atoms with Crippen LogP contribution in [0.2, 0.25) is 0 Å². The highest BCUT2D eigenvalue weighted by Gasteiger charge is 2.17. The van der Waals surface area contributed by atoms with Crippen molar-refractivity contribution in [3.63, 3.8) is 0 Å². The fourth-order valence-corrected chi connectivity index (χ4v) is 4.33. The molecule has 1 fully saturated rings. The van der Waals surface area contributed by atoms with Gasteiger partial charge >= 0.3 is 6.03 Å². The van der Waals surface area contributed by atoms with Crippen LogP contribution in [0, 0.1) is 5.92 Å². The van der Waals surface area contributed by atoms with Crippen molar-refractivity contribution >= 4 is 17.4 Å². The van der Waals surface area contributed by atoms with Crippen LogP contribution in [0.4, 0.5) is 16.2 Å². The predicted octanol–water partition coefficient (Wildman–Crippen LogP) is 7.30. The molecule has 0 radical (unpaired) electrons. The van der Waals surface area contributed by atoms with Crippen molar-refractivity contribution in [1.29, 1.82) is 0 Å². The molecule has 7 nitrogen and oxygen atoms in total. The molecule has 0 spiro atoms. The maximum atomic E-state index is 12.4. The predicted molar refractivity (Wildman–Crippen MR) is 136 cm³/mol. The van der Waals surface area contributed by atoms with Crippen LogP contribution in [0.3, 0.4) is 0 Å². The zero-order valence-corrected chi connectivity index (χ0v) is 19.4. The van der Waals surface area contributed by atoms with Crippen LogP contribution in [0.15, 0.2) is 83.4 Å². The highest BCUT2D eigenvalue weighted by Crippen LogP contribution is 2.29. The molecule has 2 amide bonds. The first-order valence-corrected chi connectivity index (χ1v) is 12.1. The minimum absolute atomic E-state index is 0.330. The highest BCUT2D eigenvalue weighted by atomic mass is 16.5. The number of para-hydroxylation sites is 1. The minimum Gasteiger partial charge on any atom is -0.457 e. The van der Waals surface area contributed by atoms with Gasteiger partial charge in [0.05, 0.1) is 0 Å². The number of hydrogen-bond acceptors (Lipinski definition) is 5. The molecule has 1 aliphatic carbocycles. The van der Waals surface area contributed by atoms with Crippen molar-refractivity contribution in [2.45, 2.75) is 38.5 Å². The normalized spacial score (nSPS) is 13.5. The summed E-state index contributed by atoms with van der Waals surface area (Å²) in [6, 6.07) is 23.8. The highest BCUT2D eigenvalue weighted by molar-refractivity contribution is 5.99. The Morgan fingerprint density at radius 1 is 0.857 bits per heavy atom. The Bertz CT molecular complexity index is 1230. The molecule has 178 valence electrons. The molecule has 0 atom stereocenters. The van der Waals surface area contributed by atoms with E-state index in [9.17, 15) is 4.79 Å². The Labute approximate surface area is 204 Å². The van der Waals surface area contributed by atoms with Crippen molar-refractivity contribution in [3.05, 3.63) is 84.8 Å². The Morgan fingerprint density at radius 3 is 2.17 bits per heavy atom. The summed E-state index contributed by atoms with van der Waals surface area (Å²) in [7, 11) is 0. The summed E-state index contributed by atoms with van der Waals surface area (Å²) in [6.45, 7) is 0. The van der Waals surface area contributed by atoms with Gasteiger partial charge in [-0.2, -0.15) is 4.98 Å². The van der Waals surface area contributed by atoms with E-state index in [1.165, 1.54) is 25.7 Å². The topological polar surface area (TPSA) is 89.3 Å². The molecule has 3 aromatic carbocycles. The fraction of sp³-hybridized carbons (Fsp3) is 0.250. The van der Waals surface area contributed by atoms with E-state index in [0.29, 0.717) is 28.8 Å². The zero-order valence-electron chi connectivity index (χ0n) is 19.4. The average molecular weight is 469 g/mol. The number of aromatic nitrogens is 2. The van der Waals surface area contributed by atoms with Gasteiger partial charge < -0.3 is 19.9 Å². The standard InChI is InChI=1S/C28H28N4O3/c33-28(30-23-15-17-25(18-16-23)34-24-8-2-1-3-9-24)29-22-13-11-21(12-14-22)27-31-26(35-32-27)19-10-20-6-4-5-7-20/h1-3,8-9,11-18,20H,4-7,10,19H2,(H2,29,30,33). The van der Waals surface area contributed by atoms with E-state index >= 15 is 0 Å². The number of ether oxygens (including phenoxy) is 1. The van der Waals surface area contributed by atoms with Crippen LogP contribution in [-0.2, 0) is 6.42 Å². The third-order valence-corrected chi connectivity index (χ3v) is 6.20. The molecule has 0 aliphatic heterocycles. The molecule has 4 aromatic rings. The SMILES string of the molecule is O=C(Nc1ccc(Oc2ccccc2)cc1)Nc1ccc(-c2noc(CCC3CCCC3)n2)cc1. The minimum atomic E-state index is -0.330. The molecule has 1 heterocycles. The van der Waals surface area contributed by atoms with Gasteiger partial charge in [0.15, 0.2) is 0 Å². The van der Waals surface area contributed by atoms with Crippen LogP contribution >= 0.6 is 0 Å². The number of rotatable bonds is 8. The van der Waals surface area contributed by atoms with Gasteiger partial charge in [-0.1, -0.05) is 49.0 Å². The summed E-state index contributed by atoms with van der Waals surface area (Å²) in [5, 5.41) is 9.77. The first-order valence-electron chi connectivity index (χ1n) is 12.1. The van der Waals surface area contributed by atoms with Crippen molar-refractivity contribution < 1.29 is 14.1 Å². The van der Waals surface area contributed by atoms with Gasteiger partial charge in [-0.25, -0.2) is 4.79 Å². The number of carbonyl (C=O) groups is 1. The molecule has 0 bridgehead atoms. The van der Waals surface area contributed by atoms with Gasteiger partial charge in [-0.3, -0.25) is 0 Å². The fourth-order valence-electron chi connectivity index (χ4n) is 4.33. The molecule has 0 unspecified atom stereocenters. The van der Waals surface area contributed by atoms with Crippen LogP contribution in [0.1, 0.15) is 38.0 Å². The van der Waals surface area contributed by atoms with Crippen LogP contribution in [-0.4, -0.2) is 16.2 Å². The molecule has 35 heavy (non-hydrogen) atoms. The first kappa shape index (κ1) is 22.7. The van der Waals surface area contributed by atoms with Crippen molar-refractivity contribution in [1.82, 2.24) is 10.1 Å². The third-order valence-electron chi connectivity index (χ3n) is 6.20. The maximum absolute atomic E-state index is 12.4. The lowest BCUT2D eigenvalue weighted by molar-refractivity contribution is 0.262. The van der Waals surface area contributed by atoms with Crippen molar-refractivity contribution in [3.8, 4) is 22.9 Å². The Balaban J connectivity index is 1.11. The van der Waals surface area contributed by atoms with E-state index < -0.39 is 0 Å². The lowest BCUT2D eigenvalue weighted by Gasteiger charge is -2.09. The molecular formula is C28H28N4O3. The molecule has 1 saturated carbocycles. The van der Waals surface area contributed by atoms with E-state index in [4.69, 9.17) is 9.26 Å². The Kier molecular flexibility index (Phi) is 7.03. The summed E-state index contributed by atoms with van der Waals surface area (Å²) >= 11 is 0. The maximum Gasteiger partial charge on any atom is 0.323 e. The van der Waals surface area contributed by atoms with Gasteiger partial charge in [0.25, 0.3) is 0 Å². The number of benzene rings is 3. The second-order valence-corrected chi connectivity index (χ2v) is 8.80. The summed E-state index contributed by atoms with van der Waals surface area (Å²) in [5.74, 6) is 3.51. The van der Waals surface area contributed by atoms with Gasteiger partial charge in [0.1, 0.15) is 11.5 Å². The second kappa shape index (κ2) is 10.9. The number of amides is 2.